The third-order valence-corrected chi connectivity index (χ3v) is 7.72. The summed E-state index contributed by atoms with van der Waals surface area (Å²) in [6, 6.07) is -1.23. The van der Waals surface area contributed by atoms with E-state index >= 15 is 0 Å². The van der Waals surface area contributed by atoms with Gasteiger partial charge in [0.15, 0.2) is 9.84 Å². The van der Waals surface area contributed by atoms with E-state index in [0.717, 1.165) is 0 Å². The van der Waals surface area contributed by atoms with Crippen LogP contribution in [0.1, 0.15) is 6.92 Å². The number of hydrogen-bond donors (Lipinski definition) is 0. The van der Waals surface area contributed by atoms with Crippen molar-refractivity contribution in [3.8, 4) is 0 Å². The molecule has 0 unspecified atom stereocenters. The van der Waals surface area contributed by atoms with Crippen LogP contribution >= 0.6 is 0 Å². The van der Waals surface area contributed by atoms with Gasteiger partial charge in [-0.3, -0.25) is 4.79 Å². The van der Waals surface area contributed by atoms with Gasteiger partial charge in [-0.2, -0.15) is 4.31 Å². The largest absolute Gasteiger partial charge is 0.335 e. The lowest BCUT2D eigenvalue weighted by Crippen LogP contribution is -2.62. The van der Waals surface area contributed by atoms with Gasteiger partial charge in [0.1, 0.15) is 0 Å². The first kappa shape index (κ1) is 17.6. The fraction of sp³-hybridized carbons (Fsp3) is 0.917. The molecule has 0 aromatic rings. The Balaban J connectivity index is 2.30. The molecule has 2 atom stereocenters. The van der Waals surface area contributed by atoms with Crippen LogP contribution in [0.3, 0.4) is 0 Å². The van der Waals surface area contributed by atoms with Crippen LogP contribution in [0.4, 0.5) is 0 Å². The van der Waals surface area contributed by atoms with Gasteiger partial charge >= 0.3 is 0 Å². The van der Waals surface area contributed by atoms with E-state index in [4.69, 9.17) is 0 Å². The van der Waals surface area contributed by atoms with Crippen LogP contribution in [0, 0.1) is 0 Å². The Kier molecular flexibility index (Phi) is 4.86. The lowest BCUT2D eigenvalue weighted by atomic mass is 10.1. The first-order chi connectivity index (χ1) is 10.1. The van der Waals surface area contributed by atoms with E-state index < -0.39 is 31.9 Å². The molecule has 0 aromatic heterocycles. The van der Waals surface area contributed by atoms with Gasteiger partial charge in [-0.1, -0.05) is 0 Å². The average molecular weight is 353 g/mol. The zero-order chi connectivity index (χ0) is 16.7. The van der Waals surface area contributed by atoms with Crippen LogP contribution in [0.2, 0.25) is 0 Å². The van der Waals surface area contributed by atoms with Gasteiger partial charge in [-0.15, -0.1) is 0 Å². The number of hydrogen-bond acceptors (Lipinski definition) is 6. The zero-order valence-corrected chi connectivity index (χ0v) is 14.7. The number of sulfone groups is 1. The standard InChI is InChI=1S/C12H23N3O5S2/c1-4-22(19,20)15-6-5-14(12(16)7-13(2)3)10-8-21(17,18)9-11(10)15/h10-11H,4-9H2,1-3H3/t10-,11+/m0/s1. The molecular weight excluding hydrogens is 330 g/mol. The Bertz CT molecular complexity index is 644. The molecule has 2 fully saturated rings. The number of fused-ring (bicyclic) bond motifs is 1. The molecule has 0 N–H and O–H groups in total. The van der Waals surface area contributed by atoms with Crippen LogP contribution in [-0.2, 0) is 24.7 Å². The van der Waals surface area contributed by atoms with Crippen LogP contribution in [0.15, 0.2) is 0 Å². The molecular formula is C12H23N3O5S2. The number of carbonyl (C=O) groups is 1. The minimum Gasteiger partial charge on any atom is -0.335 e. The maximum atomic E-state index is 12.3. The minimum atomic E-state index is -3.48. The van der Waals surface area contributed by atoms with Gasteiger partial charge in [0, 0.05) is 13.1 Å². The highest BCUT2D eigenvalue weighted by molar-refractivity contribution is 7.92. The quantitative estimate of drug-likeness (QED) is 0.592. The van der Waals surface area contributed by atoms with Gasteiger partial charge in [-0.25, -0.2) is 16.8 Å². The van der Waals surface area contributed by atoms with Crippen molar-refractivity contribution in [1.82, 2.24) is 14.1 Å². The number of rotatable bonds is 4. The smallest absolute Gasteiger partial charge is 0.237 e. The van der Waals surface area contributed by atoms with E-state index in [1.165, 1.54) is 16.1 Å². The van der Waals surface area contributed by atoms with E-state index in [9.17, 15) is 21.6 Å². The van der Waals surface area contributed by atoms with Crippen molar-refractivity contribution in [3.63, 3.8) is 0 Å². The maximum absolute atomic E-state index is 12.3. The van der Waals surface area contributed by atoms with Crippen LogP contribution in [0.25, 0.3) is 0 Å². The summed E-state index contributed by atoms with van der Waals surface area (Å²) in [5, 5.41) is 0. The average Bonchev–Trinajstić information content (AvgIpc) is 2.70. The molecule has 2 rings (SSSR count). The summed E-state index contributed by atoms with van der Waals surface area (Å²) >= 11 is 0. The minimum absolute atomic E-state index is 0.0675. The molecule has 2 aliphatic rings. The van der Waals surface area contributed by atoms with E-state index in [-0.39, 0.29) is 42.8 Å². The number of amides is 1. The van der Waals surface area contributed by atoms with Crippen LogP contribution < -0.4 is 0 Å². The second kappa shape index (κ2) is 6.06. The van der Waals surface area contributed by atoms with E-state index in [0.29, 0.717) is 0 Å². The molecule has 22 heavy (non-hydrogen) atoms. The summed E-state index contributed by atoms with van der Waals surface area (Å²) in [4.78, 5) is 15.6. The van der Waals surface area contributed by atoms with E-state index in [1.807, 2.05) is 0 Å². The molecule has 2 saturated heterocycles. The van der Waals surface area contributed by atoms with Crippen molar-refractivity contribution < 1.29 is 21.6 Å². The van der Waals surface area contributed by atoms with E-state index in [1.54, 1.807) is 19.0 Å². The van der Waals surface area contributed by atoms with Gasteiger partial charge in [0.2, 0.25) is 15.9 Å². The Morgan fingerprint density at radius 1 is 1.18 bits per heavy atom. The molecule has 0 spiro atoms. The predicted molar refractivity (Wildman–Crippen MR) is 82.7 cm³/mol. The normalized spacial score (nSPS) is 28.8. The number of carbonyl (C=O) groups excluding carboxylic acids is 1. The van der Waals surface area contributed by atoms with Crippen molar-refractivity contribution in [2.75, 3.05) is 51.0 Å². The molecule has 0 aliphatic carbocycles. The van der Waals surface area contributed by atoms with Crippen LogP contribution in [-0.4, -0.2) is 99.9 Å². The van der Waals surface area contributed by atoms with Gasteiger partial charge in [0.05, 0.1) is 35.9 Å². The monoisotopic (exact) mass is 353 g/mol. The van der Waals surface area contributed by atoms with Gasteiger partial charge < -0.3 is 9.80 Å². The third-order valence-electron chi connectivity index (χ3n) is 4.12. The molecule has 2 aliphatic heterocycles. The summed E-state index contributed by atoms with van der Waals surface area (Å²) in [6.45, 7) is 2.12. The SMILES string of the molecule is CCS(=O)(=O)N1CCN(C(=O)CN(C)C)[C@H]2CS(=O)(=O)C[C@H]21. The molecule has 2 heterocycles. The van der Waals surface area contributed by atoms with Crippen molar-refractivity contribution >= 4 is 25.8 Å². The van der Waals surface area contributed by atoms with E-state index in [2.05, 4.69) is 0 Å². The highest BCUT2D eigenvalue weighted by atomic mass is 32.2. The fourth-order valence-electron chi connectivity index (χ4n) is 3.10. The van der Waals surface area contributed by atoms with Crippen LogP contribution in [0.5, 0.6) is 0 Å². The Morgan fingerprint density at radius 3 is 2.32 bits per heavy atom. The third kappa shape index (κ3) is 3.44. The number of likely N-dealkylation sites (N-methyl/N-ethyl adjacent to an activating group) is 1. The van der Waals surface area contributed by atoms with Crippen molar-refractivity contribution in [2.45, 2.75) is 19.0 Å². The number of piperazine rings is 1. The molecule has 128 valence electrons. The molecule has 1 amide bonds. The molecule has 0 saturated carbocycles. The Morgan fingerprint density at radius 2 is 1.77 bits per heavy atom. The van der Waals surface area contributed by atoms with Gasteiger partial charge in [0.25, 0.3) is 0 Å². The van der Waals surface area contributed by atoms with Crippen molar-refractivity contribution in [2.24, 2.45) is 0 Å². The second-order valence-corrected chi connectivity index (χ2v) is 10.4. The fourth-order valence-corrected chi connectivity index (χ4v) is 6.50. The summed E-state index contributed by atoms with van der Waals surface area (Å²) < 4.78 is 49.6. The highest BCUT2D eigenvalue weighted by Crippen LogP contribution is 2.29. The lowest BCUT2D eigenvalue weighted by molar-refractivity contribution is -0.136. The molecule has 0 aromatic carbocycles. The second-order valence-electron chi connectivity index (χ2n) is 6.05. The van der Waals surface area contributed by atoms with Crippen molar-refractivity contribution in [1.29, 1.82) is 0 Å². The highest BCUT2D eigenvalue weighted by Gasteiger charge is 2.50. The lowest BCUT2D eigenvalue weighted by Gasteiger charge is -2.43. The van der Waals surface area contributed by atoms with Gasteiger partial charge in [-0.05, 0) is 21.0 Å². The molecule has 8 nitrogen and oxygen atoms in total. The topological polar surface area (TPSA) is 95.1 Å². The number of sulfonamides is 1. The summed E-state index contributed by atoms with van der Waals surface area (Å²) in [5.74, 6) is -0.595. The summed E-state index contributed by atoms with van der Waals surface area (Å²) in [5.41, 5.74) is 0. The number of nitrogens with zero attached hydrogens (tertiary/aromatic N) is 3. The molecule has 0 radical (unpaired) electrons. The zero-order valence-electron chi connectivity index (χ0n) is 13.1. The Hall–Kier alpha value is -0.710. The Labute approximate surface area is 132 Å². The molecule has 0 bridgehead atoms. The summed E-state index contributed by atoms with van der Waals surface area (Å²) in [7, 11) is -3.29. The first-order valence-corrected chi connectivity index (χ1v) is 10.6. The molecule has 10 heteroatoms. The maximum Gasteiger partial charge on any atom is 0.237 e. The summed E-state index contributed by atoms with van der Waals surface area (Å²) in [6.07, 6.45) is 0. The predicted octanol–water partition coefficient (Wildman–Crippen LogP) is -1.79. The van der Waals surface area contributed by atoms with Crippen molar-refractivity contribution in [3.05, 3.63) is 0 Å². The first-order valence-electron chi connectivity index (χ1n) is 7.21.